The van der Waals surface area contributed by atoms with E-state index in [2.05, 4.69) is 5.16 Å². The van der Waals surface area contributed by atoms with Crippen molar-refractivity contribution in [1.82, 2.24) is 10.1 Å². The molecular formula is C23H24N2O4. The van der Waals surface area contributed by atoms with Crippen molar-refractivity contribution in [2.45, 2.75) is 26.7 Å². The van der Waals surface area contributed by atoms with Gasteiger partial charge in [0.15, 0.2) is 5.76 Å². The summed E-state index contributed by atoms with van der Waals surface area (Å²) in [5.41, 5.74) is 3.36. The van der Waals surface area contributed by atoms with Crippen LogP contribution in [0.5, 0.6) is 0 Å². The van der Waals surface area contributed by atoms with Gasteiger partial charge in [-0.3, -0.25) is 9.59 Å². The Bertz CT molecular complexity index is 1040. The van der Waals surface area contributed by atoms with E-state index in [4.69, 9.17) is 9.26 Å². The largest absolute Gasteiger partial charge is 0.466 e. The van der Waals surface area contributed by atoms with Crippen molar-refractivity contribution in [2.24, 2.45) is 5.92 Å². The Hall–Kier alpha value is -3.15. The fourth-order valence-electron chi connectivity index (χ4n) is 3.78. The highest BCUT2D eigenvalue weighted by atomic mass is 16.5. The van der Waals surface area contributed by atoms with Crippen molar-refractivity contribution in [1.29, 1.82) is 0 Å². The molecule has 2 heterocycles. The van der Waals surface area contributed by atoms with Gasteiger partial charge in [0.05, 0.1) is 17.9 Å². The van der Waals surface area contributed by atoms with Gasteiger partial charge in [-0.25, -0.2) is 0 Å². The molecule has 0 spiro atoms. The molecule has 1 aliphatic rings. The van der Waals surface area contributed by atoms with Crippen LogP contribution in [0.2, 0.25) is 0 Å². The van der Waals surface area contributed by atoms with Crippen LogP contribution >= 0.6 is 0 Å². The Morgan fingerprint density at radius 3 is 2.76 bits per heavy atom. The van der Waals surface area contributed by atoms with E-state index >= 15 is 0 Å². The van der Waals surface area contributed by atoms with E-state index < -0.39 is 0 Å². The molecule has 1 amide bonds. The Labute approximate surface area is 169 Å². The number of fused-ring (bicyclic) bond motifs is 1. The molecule has 1 saturated heterocycles. The van der Waals surface area contributed by atoms with Gasteiger partial charge >= 0.3 is 5.97 Å². The minimum atomic E-state index is -0.255. The molecule has 3 aromatic rings. The van der Waals surface area contributed by atoms with Gasteiger partial charge in [0.25, 0.3) is 5.91 Å². The van der Waals surface area contributed by atoms with Gasteiger partial charge in [-0.2, -0.15) is 0 Å². The number of nitrogens with zero attached hydrogens (tertiary/aromatic N) is 2. The van der Waals surface area contributed by atoms with Crippen LogP contribution in [0, 0.1) is 12.8 Å². The van der Waals surface area contributed by atoms with Crippen LogP contribution in [-0.4, -0.2) is 41.6 Å². The van der Waals surface area contributed by atoms with Gasteiger partial charge < -0.3 is 14.2 Å². The molecule has 6 nitrogen and oxygen atoms in total. The average molecular weight is 392 g/mol. The number of likely N-dealkylation sites (tertiary alicyclic amines) is 1. The number of hydrogen-bond donors (Lipinski definition) is 0. The highest BCUT2D eigenvalue weighted by Crippen LogP contribution is 2.30. The summed E-state index contributed by atoms with van der Waals surface area (Å²) in [7, 11) is 0. The molecule has 2 aromatic carbocycles. The minimum absolute atomic E-state index is 0.0862. The third-order valence-electron chi connectivity index (χ3n) is 5.37. The number of carbonyl (C=O) groups excluding carboxylic acids is 2. The summed E-state index contributed by atoms with van der Waals surface area (Å²) in [4.78, 5) is 26.9. The fourth-order valence-corrected chi connectivity index (χ4v) is 3.78. The number of rotatable bonds is 4. The molecule has 1 atom stereocenters. The molecule has 0 aliphatic carbocycles. The van der Waals surface area contributed by atoms with Crippen molar-refractivity contribution in [2.75, 3.05) is 19.7 Å². The van der Waals surface area contributed by atoms with E-state index in [1.165, 1.54) is 0 Å². The molecule has 1 aliphatic heterocycles. The Kier molecular flexibility index (Phi) is 5.34. The van der Waals surface area contributed by atoms with E-state index in [0.717, 1.165) is 29.4 Å². The number of carbonyl (C=O) groups is 2. The lowest BCUT2D eigenvalue weighted by atomic mass is 9.97. The number of esters is 1. The minimum Gasteiger partial charge on any atom is -0.466 e. The van der Waals surface area contributed by atoms with Crippen molar-refractivity contribution in [3.8, 4) is 11.3 Å². The number of amides is 1. The first-order valence-corrected chi connectivity index (χ1v) is 9.99. The molecule has 0 N–H and O–H groups in total. The van der Waals surface area contributed by atoms with Gasteiger partial charge in [0, 0.05) is 24.2 Å². The Morgan fingerprint density at radius 2 is 2.00 bits per heavy atom. The van der Waals surface area contributed by atoms with Gasteiger partial charge in [0.2, 0.25) is 0 Å². The monoisotopic (exact) mass is 392 g/mol. The van der Waals surface area contributed by atoms with Gasteiger partial charge in [-0.1, -0.05) is 35.0 Å². The van der Waals surface area contributed by atoms with E-state index in [9.17, 15) is 9.59 Å². The van der Waals surface area contributed by atoms with Gasteiger partial charge in [-0.15, -0.1) is 0 Å². The van der Waals surface area contributed by atoms with Crippen LogP contribution in [0.25, 0.3) is 22.2 Å². The summed E-state index contributed by atoms with van der Waals surface area (Å²) in [6.07, 6.45) is 1.55. The van der Waals surface area contributed by atoms with Crippen LogP contribution in [0.15, 0.2) is 47.0 Å². The number of piperidine rings is 1. The van der Waals surface area contributed by atoms with Crippen LogP contribution in [0.4, 0.5) is 0 Å². The summed E-state index contributed by atoms with van der Waals surface area (Å²) in [6.45, 7) is 5.21. The summed E-state index contributed by atoms with van der Waals surface area (Å²) in [5.74, 6) is 0.0888. The summed E-state index contributed by atoms with van der Waals surface area (Å²) < 4.78 is 10.7. The van der Waals surface area contributed by atoms with Gasteiger partial charge in [0.1, 0.15) is 5.52 Å². The second-order valence-corrected chi connectivity index (χ2v) is 7.45. The third-order valence-corrected chi connectivity index (χ3v) is 5.37. The first-order valence-electron chi connectivity index (χ1n) is 9.99. The van der Waals surface area contributed by atoms with Crippen molar-refractivity contribution >= 4 is 22.8 Å². The molecule has 1 fully saturated rings. The second-order valence-electron chi connectivity index (χ2n) is 7.45. The summed E-state index contributed by atoms with van der Waals surface area (Å²) >= 11 is 0. The lowest BCUT2D eigenvalue weighted by Gasteiger charge is -2.31. The summed E-state index contributed by atoms with van der Waals surface area (Å²) in [6, 6.07) is 13.4. The number of benzene rings is 2. The highest BCUT2D eigenvalue weighted by molar-refractivity contribution is 6.01. The normalized spacial score (nSPS) is 16.8. The van der Waals surface area contributed by atoms with Crippen molar-refractivity contribution in [3.63, 3.8) is 0 Å². The molecule has 0 saturated carbocycles. The average Bonchev–Trinajstić information content (AvgIpc) is 3.17. The highest BCUT2D eigenvalue weighted by Gasteiger charge is 2.30. The first kappa shape index (κ1) is 19.2. The number of aryl methyl sites for hydroxylation is 1. The second kappa shape index (κ2) is 8.07. The Morgan fingerprint density at radius 1 is 1.21 bits per heavy atom. The van der Waals surface area contributed by atoms with E-state index in [-0.39, 0.29) is 17.8 Å². The standard InChI is InChI=1S/C23H24N2O4/c1-3-28-23(27)18-5-4-12-25(14-18)22(26)17-10-11-20-19(13-17)21(29-24-20)16-8-6-15(2)7-9-16/h6-11,13,18H,3-5,12,14H2,1-2H3/t18-/m1/s1. The maximum absolute atomic E-state index is 13.1. The summed E-state index contributed by atoms with van der Waals surface area (Å²) in [5, 5.41) is 4.93. The number of ether oxygens (including phenoxy) is 1. The fraction of sp³-hybridized carbons (Fsp3) is 0.348. The molecule has 0 bridgehead atoms. The zero-order chi connectivity index (χ0) is 20.4. The van der Waals surface area contributed by atoms with Crippen LogP contribution in [0.1, 0.15) is 35.7 Å². The molecule has 6 heteroatoms. The van der Waals surface area contributed by atoms with Crippen LogP contribution < -0.4 is 0 Å². The maximum Gasteiger partial charge on any atom is 0.310 e. The van der Waals surface area contributed by atoms with Crippen LogP contribution in [0.3, 0.4) is 0 Å². The van der Waals surface area contributed by atoms with Crippen LogP contribution in [-0.2, 0) is 9.53 Å². The molecule has 1 aromatic heterocycles. The molecule has 0 radical (unpaired) electrons. The molecular weight excluding hydrogens is 368 g/mol. The quantitative estimate of drug-likeness (QED) is 0.622. The first-order chi connectivity index (χ1) is 14.1. The van der Waals surface area contributed by atoms with Crippen molar-refractivity contribution in [3.05, 3.63) is 53.6 Å². The lowest BCUT2D eigenvalue weighted by Crippen LogP contribution is -2.42. The van der Waals surface area contributed by atoms with Crippen molar-refractivity contribution < 1.29 is 18.8 Å². The van der Waals surface area contributed by atoms with Gasteiger partial charge in [-0.05, 0) is 44.9 Å². The topological polar surface area (TPSA) is 72.6 Å². The molecule has 150 valence electrons. The zero-order valence-electron chi connectivity index (χ0n) is 16.7. The Balaban J connectivity index is 1.60. The molecule has 0 unspecified atom stereocenters. The maximum atomic E-state index is 13.1. The zero-order valence-corrected chi connectivity index (χ0v) is 16.7. The van der Waals surface area contributed by atoms with E-state index in [1.54, 1.807) is 24.0 Å². The lowest BCUT2D eigenvalue weighted by molar-refractivity contribution is -0.149. The number of aromatic nitrogens is 1. The SMILES string of the molecule is CCOC(=O)[C@@H]1CCCN(C(=O)c2ccc3noc(-c4ccc(C)cc4)c3c2)C1. The van der Waals surface area contributed by atoms with E-state index in [0.29, 0.717) is 36.5 Å². The molecule has 29 heavy (non-hydrogen) atoms. The molecule has 4 rings (SSSR count). The smallest absolute Gasteiger partial charge is 0.310 e. The third kappa shape index (κ3) is 3.88. The predicted octanol–water partition coefficient (Wildman–Crippen LogP) is 4.22. The number of hydrogen-bond acceptors (Lipinski definition) is 5. The van der Waals surface area contributed by atoms with E-state index in [1.807, 2.05) is 37.3 Å². The predicted molar refractivity (Wildman–Crippen MR) is 109 cm³/mol.